The number of H-pyrrole nitrogens is 1. The van der Waals surface area contributed by atoms with Crippen molar-refractivity contribution in [1.29, 1.82) is 0 Å². The van der Waals surface area contributed by atoms with Crippen LogP contribution in [0, 0.1) is 0 Å². The van der Waals surface area contributed by atoms with Gasteiger partial charge < -0.3 is 20.8 Å². The Morgan fingerprint density at radius 1 is 1.30 bits per heavy atom. The van der Waals surface area contributed by atoms with E-state index in [1.807, 2.05) is 25.3 Å². The summed E-state index contributed by atoms with van der Waals surface area (Å²) in [6.45, 7) is 3.96. The zero-order chi connectivity index (χ0) is 16.5. The molecule has 0 bridgehead atoms. The molecule has 1 heterocycles. The maximum Gasteiger partial charge on any atom is 0.219 e. The number of fused-ring (bicyclic) bond motifs is 1. The zero-order valence-corrected chi connectivity index (χ0v) is 13.9. The van der Waals surface area contributed by atoms with Crippen molar-refractivity contribution in [2.45, 2.75) is 39.0 Å². The molecule has 0 aliphatic carbocycles. The van der Waals surface area contributed by atoms with Crippen molar-refractivity contribution in [1.82, 2.24) is 10.3 Å². The standard InChI is InChI=1S/C18H27N3O2/c1-2-20-18(22)6-4-3-5-11-23-15-7-8-17-16(12-15)14(9-10-19)13-21-17/h7-8,12-13,21H,2-6,9-11,19H2,1H3,(H,20,22). The number of hydrogen-bond donors (Lipinski definition) is 3. The summed E-state index contributed by atoms with van der Waals surface area (Å²) in [5, 5.41) is 3.99. The molecule has 0 aliphatic rings. The number of hydrogen-bond acceptors (Lipinski definition) is 3. The molecule has 1 aromatic carbocycles. The number of unbranched alkanes of at least 4 members (excludes halogenated alkanes) is 2. The van der Waals surface area contributed by atoms with Gasteiger partial charge in [-0.3, -0.25) is 4.79 Å². The first-order valence-corrected chi connectivity index (χ1v) is 8.44. The lowest BCUT2D eigenvalue weighted by Gasteiger charge is -2.07. The second-order valence-corrected chi connectivity index (χ2v) is 5.67. The maximum absolute atomic E-state index is 11.3. The van der Waals surface area contributed by atoms with E-state index >= 15 is 0 Å². The number of ether oxygens (including phenoxy) is 1. The first-order valence-electron chi connectivity index (χ1n) is 8.44. The molecular weight excluding hydrogens is 290 g/mol. The molecule has 126 valence electrons. The molecule has 0 saturated heterocycles. The minimum absolute atomic E-state index is 0.138. The summed E-state index contributed by atoms with van der Waals surface area (Å²) in [5.74, 6) is 1.03. The quantitative estimate of drug-likeness (QED) is 0.589. The smallest absolute Gasteiger partial charge is 0.219 e. The number of aromatic nitrogens is 1. The van der Waals surface area contributed by atoms with Gasteiger partial charge in [-0.15, -0.1) is 0 Å². The summed E-state index contributed by atoms with van der Waals surface area (Å²) in [4.78, 5) is 14.6. The van der Waals surface area contributed by atoms with Gasteiger partial charge in [0, 0.05) is 30.1 Å². The molecule has 0 atom stereocenters. The summed E-state index contributed by atoms with van der Waals surface area (Å²) in [5.41, 5.74) is 7.99. The molecule has 2 aromatic rings. The van der Waals surface area contributed by atoms with Gasteiger partial charge in [-0.25, -0.2) is 0 Å². The maximum atomic E-state index is 11.3. The SMILES string of the molecule is CCNC(=O)CCCCCOc1ccc2[nH]cc(CCN)c2c1. The average Bonchev–Trinajstić information content (AvgIpc) is 2.94. The van der Waals surface area contributed by atoms with Crippen LogP contribution in [0.5, 0.6) is 5.75 Å². The van der Waals surface area contributed by atoms with Gasteiger partial charge in [-0.05, 0) is 62.9 Å². The van der Waals surface area contributed by atoms with Crippen LogP contribution in [0.1, 0.15) is 38.2 Å². The number of carbonyl (C=O) groups excluding carboxylic acids is 1. The van der Waals surface area contributed by atoms with Crippen LogP contribution < -0.4 is 15.8 Å². The highest BCUT2D eigenvalue weighted by Gasteiger charge is 2.05. The van der Waals surface area contributed by atoms with Crippen molar-refractivity contribution in [2.75, 3.05) is 19.7 Å². The van der Waals surface area contributed by atoms with Crippen molar-refractivity contribution in [3.8, 4) is 5.75 Å². The largest absolute Gasteiger partial charge is 0.494 e. The van der Waals surface area contributed by atoms with Crippen LogP contribution in [0.2, 0.25) is 0 Å². The van der Waals surface area contributed by atoms with Gasteiger partial charge >= 0.3 is 0 Å². The third-order valence-electron chi connectivity index (χ3n) is 3.84. The summed E-state index contributed by atoms with van der Waals surface area (Å²) in [6, 6.07) is 6.10. The predicted molar refractivity (Wildman–Crippen MR) is 93.7 cm³/mol. The van der Waals surface area contributed by atoms with E-state index in [-0.39, 0.29) is 5.91 Å². The predicted octanol–water partition coefficient (Wildman–Crippen LogP) is 2.74. The minimum Gasteiger partial charge on any atom is -0.494 e. The fourth-order valence-corrected chi connectivity index (χ4v) is 2.65. The highest BCUT2D eigenvalue weighted by molar-refractivity contribution is 5.84. The number of amides is 1. The van der Waals surface area contributed by atoms with Crippen molar-refractivity contribution < 1.29 is 9.53 Å². The van der Waals surface area contributed by atoms with Gasteiger partial charge in [-0.2, -0.15) is 0 Å². The Labute approximate surface area is 137 Å². The Kier molecular flexibility index (Phi) is 6.94. The molecule has 0 unspecified atom stereocenters. The lowest BCUT2D eigenvalue weighted by Crippen LogP contribution is -2.22. The molecule has 23 heavy (non-hydrogen) atoms. The second kappa shape index (κ2) is 9.20. The van der Waals surface area contributed by atoms with E-state index in [9.17, 15) is 4.79 Å². The van der Waals surface area contributed by atoms with E-state index in [4.69, 9.17) is 10.5 Å². The lowest BCUT2D eigenvalue weighted by atomic mass is 10.1. The summed E-state index contributed by atoms with van der Waals surface area (Å²) in [7, 11) is 0. The summed E-state index contributed by atoms with van der Waals surface area (Å²) >= 11 is 0. The van der Waals surface area contributed by atoms with E-state index in [0.29, 0.717) is 26.1 Å². The van der Waals surface area contributed by atoms with Gasteiger partial charge in [0.05, 0.1) is 6.61 Å². The molecule has 0 saturated carbocycles. The third kappa shape index (κ3) is 5.28. The minimum atomic E-state index is 0.138. The Morgan fingerprint density at radius 2 is 2.17 bits per heavy atom. The van der Waals surface area contributed by atoms with Crippen LogP contribution in [0.3, 0.4) is 0 Å². The Hall–Kier alpha value is -2.01. The Morgan fingerprint density at radius 3 is 2.96 bits per heavy atom. The monoisotopic (exact) mass is 317 g/mol. The highest BCUT2D eigenvalue weighted by Crippen LogP contribution is 2.24. The van der Waals surface area contributed by atoms with Crippen LogP contribution in [0.15, 0.2) is 24.4 Å². The summed E-state index contributed by atoms with van der Waals surface area (Å²) < 4.78 is 5.83. The molecule has 0 fully saturated rings. The normalized spacial score (nSPS) is 10.9. The highest BCUT2D eigenvalue weighted by atomic mass is 16.5. The van der Waals surface area contributed by atoms with Gasteiger partial charge in [0.15, 0.2) is 0 Å². The van der Waals surface area contributed by atoms with Gasteiger partial charge in [0.1, 0.15) is 5.75 Å². The first kappa shape index (κ1) is 17.3. The molecule has 0 aliphatic heterocycles. The fourth-order valence-electron chi connectivity index (χ4n) is 2.65. The fraction of sp³-hybridized carbons (Fsp3) is 0.500. The van der Waals surface area contributed by atoms with Crippen LogP contribution >= 0.6 is 0 Å². The average molecular weight is 317 g/mol. The van der Waals surface area contributed by atoms with Crippen LogP contribution in [0.4, 0.5) is 0 Å². The van der Waals surface area contributed by atoms with Gasteiger partial charge in [0.25, 0.3) is 0 Å². The lowest BCUT2D eigenvalue weighted by molar-refractivity contribution is -0.121. The molecule has 1 aromatic heterocycles. The molecule has 1 amide bonds. The number of nitrogens with two attached hydrogens (primary N) is 1. The van der Waals surface area contributed by atoms with Crippen molar-refractivity contribution in [3.05, 3.63) is 30.0 Å². The van der Waals surface area contributed by atoms with E-state index in [0.717, 1.165) is 36.9 Å². The molecule has 0 radical (unpaired) electrons. The van der Waals surface area contributed by atoms with E-state index in [1.54, 1.807) is 0 Å². The second-order valence-electron chi connectivity index (χ2n) is 5.67. The molecule has 4 N–H and O–H groups in total. The zero-order valence-electron chi connectivity index (χ0n) is 13.9. The molecule has 2 rings (SSSR count). The Bertz CT molecular complexity index is 622. The third-order valence-corrected chi connectivity index (χ3v) is 3.84. The van der Waals surface area contributed by atoms with Crippen molar-refractivity contribution >= 4 is 16.8 Å². The number of rotatable bonds is 10. The number of carbonyl (C=O) groups is 1. The van der Waals surface area contributed by atoms with E-state index in [1.165, 1.54) is 10.9 Å². The van der Waals surface area contributed by atoms with Crippen molar-refractivity contribution in [3.63, 3.8) is 0 Å². The molecule has 0 spiro atoms. The summed E-state index contributed by atoms with van der Waals surface area (Å²) in [6.07, 6.45) is 6.35. The molecular formula is C18H27N3O2. The Balaban J connectivity index is 1.74. The molecule has 5 nitrogen and oxygen atoms in total. The number of nitrogens with one attached hydrogen (secondary N) is 2. The van der Waals surface area contributed by atoms with Crippen LogP contribution in [-0.4, -0.2) is 30.6 Å². The first-order chi connectivity index (χ1) is 11.2. The van der Waals surface area contributed by atoms with E-state index in [2.05, 4.69) is 16.4 Å². The number of benzene rings is 1. The molecule has 5 heteroatoms. The topological polar surface area (TPSA) is 80.1 Å². The number of aromatic amines is 1. The van der Waals surface area contributed by atoms with Crippen molar-refractivity contribution in [2.24, 2.45) is 5.73 Å². The van der Waals surface area contributed by atoms with Crippen LogP contribution in [0.25, 0.3) is 10.9 Å². The van der Waals surface area contributed by atoms with Gasteiger partial charge in [-0.1, -0.05) is 0 Å². The van der Waals surface area contributed by atoms with Crippen LogP contribution in [-0.2, 0) is 11.2 Å². The van der Waals surface area contributed by atoms with Gasteiger partial charge in [0.2, 0.25) is 5.91 Å². The van der Waals surface area contributed by atoms with E-state index < -0.39 is 0 Å².